The lowest BCUT2D eigenvalue weighted by Gasteiger charge is -2.23. The maximum absolute atomic E-state index is 11.4. The number of carboxylic acid groups (broad SMARTS) is 1. The molecule has 0 aromatic carbocycles. The third-order valence-corrected chi connectivity index (χ3v) is 3.65. The Morgan fingerprint density at radius 2 is 2.41 bits per heavy atom. The van der Waals surface area contributed by atoms with Gasteiger partial charge in [0, 0.05) is 0 Å². The summed E-state index contributed by atoms with van der Waals surface area (Å²) in [5.41, 5.74) is 1.81. The molecule has 0 aromatic heterocycles. The van der Waals surface area contributed by atoms with Crippen LogP contribution in [0.4, 0.5) is 0 Å². The fourth-order valence-electron chi connectivity index (χ4n) is 2.62. The summed E-state index contributed by atoms with van der Waals surface area (Å²) >= 11 is 0. The Morgan fingerprint density at radius 1 is 1.65 bits per heavy atom. The van der Waals surface area contributed by atoms with Gasteiger partial charge in [0.25, 0.3) is 0 Å². The zero-order valence-corrected chi connectivity index (χ0v) is 10.5. The molecule has 0 aromatic rings. The van der Waals surface area contributed by atoms with E-state index in [-0.39, 0.29) is 6.04 Å². The molecule has 0 aliphatic heterocycles. The maximum atomic E-state index is 11.4. The van der Waals surface area contributed by atoms with Gasteiger partial charge in [-0.25, -0.2) is 5.84 Å². The molecule has 0 radical (unpaired) electrons. The van der Waals surface area contributed by atoms with Gasteiger partial charge in [-0.3, -0.25) is 9.79 Å². The van der Waals surface area contributed by atoms with Crippen LogP contribution in [0.1, 0.15) is 51.9 Å². The van der Waals surface area contributed by atoms with E-state index >= 15 is 0 Å². The van der Waals surface area contributed by atoms with Crippen molar-refractivity contribution in [2.24, 2.45) is 16.3 Å². The largest absolute Gasteiger partial charge is 0.481 e. The number of rotatable bonds is 7. The zero-order chi connectivity index (χ0) is 12.7. The normalized spacial score (nSPS) is 28.7. The molecule has 0 bridgehead atoms. The van der Waals surface area contributed by atoms with Crippen molar-refractivity contribution in [3.8, 4) is 0 Å². The van der Waals surface area contributed by atoms with Crippen LogP contribution in [0.2, 0.25) is 0 Å². The van der Waals surface area contributed by atoms with Gasteiger partial charge in [-0.2, -0.15) is 0 Å². The molecular weight excluding hydrogens is 218 g/mol. The lowest BCUT2D eigenvalue weighted by atomic mass is 9.81. The van der Waals surface area contributed by atoms with E-state index in [0.717, 1.165) is 38.5 Å². The summed E-state index contributed by atoms with van der Waals surface area (Å²) in [7, 11) is 0. The number of carbonyl (C=O) groups is 1. The van der Waals surface area contributed by atoms with Crippen LogP contribution < -0.4 is 11.3 Å². The van der Waals surface area contributed by atoms with Gasteiger partial charge in [-0.1, -0.05) is 26.2 Å². The minimum absolute atomic E-state index is 0.101. The van der Waals surface area contributed by atoms with E-state index in [1.807, 2.05) is 0 Å². The van der Waals surface area contributed by atoms with E-state index in [0.29, 0.717) is 6.42 Å². The molecule has 5 heteroatoms. The van der Waals surface area contributed by atoms with Gasteiger partial charge in [-0.15, -0.1) is 0 Å². The van der Waals surface area contributed by atoms with E-state index in [1.54, 1.807) is 0 Å². The standard InChI is InChI=1S/C12H23N3O2/c1-2-3-4-6-12(11(16)17)7-5-10(8-12)14-9-15-13/h9-10H,2-8,13H2,1H3,(H,14,15)(H,16,17). The summed E-state index contributed by atoms with van der Waals surface area (Å²) in [6, 6.07) is 0.101. The molecule has 0 saturated heterocycles. The lowest BCUT2D eigenvalue weighted by molar-refractivity contribution is -0.149. The summed E-state index contributed by atoms with van der Waals surface area (Å²) in [4.78, 5) is 15.7. The molecule has 0 amide bonds. The van der Waals surface area contributed by atoms with Gasteiger partial charge in [-0.05, 0) is 25.7 Å². The van der Waals surface area contributed by atoms with Gasteiger partial charge in [0.1, 0.15) is 0 Å². The third-order valence-electron chi connectivity index (χ3n) is 3.65. The van der Waals surface area contributed by atoms with Gasteiger partial charge in [0.05, 0.1) is 17.8 Å². The number of unbranched alkanes of at least 4 members (excludes halogenated alkanes) is 2. The zero-order valence-electron chi connectivity index (χ0n) is 10.5. The molecule has 0 spiro atoms. The second-order valence-corrected chi connectivity index (χ2v) is 4.88. The van der Waals surface area contributed by atoms with Gasteiger partial charge >= 0.3 is 5.97 Å². The molecule has 98 valence electrons. The van der Waals surface area contributed by atoms with Crippen molar-refractivity contribution in [3.05, 3.63) is 0 Å². The van der Waals surface area contributed by atoms with Crippen molar-refractivity contribution in [1.29, 1.82) is 0 Å². The van der Waals surface area contributed by atoms with Crippen LogP contribution in [0.25, 0.3) is 0 Å². The van der Waals surface area contributed by atoms with Crippen molar-refractivity contribution >= 4 is 12.3 Å². The van der Waals surface area contributed by atoms with E-state index in [4.69, 9.17) is 5.84 Å². The van der Waals surface area contributed by atoms with E-state index in [1.165, 1.54) is 6.34 Å². The topological polar surface area (TPSA) is 87.7 Å². The van der Waals surface area contributed by atoms with Crippen LogP contribution in [0, 0.1) is 5.41 Å². The second-order valence-electron chi connectivity index (χ2n) is 4.88. The summed E-state index contributed by atoms with van der Waals surface area (Å²) in [6.07, 6.45) is 7.67. The first-order chi connectivity index (χ1) is 8.14. The highest BCUT2D eigenvalue weighted by molar-refractivity contribution is 5.75. The first-order valence-electron chi connectivity index (χ1n) is 6.36. The van der Waals surface area contributed by atoms with Crippen molar-refractivity contribution in [2.45, 2.75) is 57.9 Å². The number of hydrogen-bond acceptors (Lipinski definition) is 3. The Kier molecular flexibility index (Phi) is 5.41. The fraction of sp³-hybridized carbons (Fsp3) is 0.833. The molecule has 2 unspecified atom stereocenters. The van der Waals surface area contributed by atoms with Crippen LogP contribution in [0.5, 0.6) is 0 Å². The summed E-state index contributed by atoms with van der Waals surface area (Å²) in [6.45, 7) is 2.13. The number of nitrogens with one attached hydrogen (secondary N) is 1. The smallest absolute Gasteiger partial charge is 0.309 e. The molecule has 4 N–H and O–H groups in total. The van der Waals surface area contributed by atoms with E-state index in [2.05, 4.69) is 17.3 Å². The maximum Gasteiger partial charge on any atom is 0.309 e. The molecular formula is C12H23N3O2. The highest BCUT2D eigenvalue weighted by atomic mass is 16.4. The van der Waals surface area contributed by atoms with Crippen LogP contribution in [-0.2, 0) is 4.79 Å². The molecule has 1 saturated carbocycles. The number of hydrazine groups is 1. The van der Waals surface area contributed by atoms with Gasteiger partial charge in [0.15, 0.2) is 0 Å². The molecule has 5 nitrogen and oxygen atoms in total. The molecule has 1 rings (SSSR count). The minimum Gasteiger partial charge on any atom is -0.481 e. The SMILES string of the molecule is CCCCCC1(C(=O)O)CCC(N=CNN)C1. The first kappa shape index (κ1) is 14.0. The molecule has 2 atom stereocenters. The molecule has 1 fully saturated rings. The molecule has 17 heavy (non-hydrogen) atoms. The van der Waals surface area contributed by atoms with Crippen LogP contribution in [-0.4, -0.2) is 23.5 Å². The van der Waals surface area contributed by atoms with Crippen LogP contribution in [0.15, 0.2) is 4.99 Å². The average Bonchev–Trinajstić information content (AvgIpc) is 2.72. The highest BCUT2D eigenvalue weighted by Crippen LogP contribution is 2.43. The number of aliphatic carboxylic acids is 1. The van der Waals surface area contributed by atoms with Crippen LogP contribution >= 0.6 is 0 Å². The van der Waals surface area contributed by atoms with Gasteiger partial charge < -0.3 is 10.5 Å². The molecule has 1 aliphatic rings. The Bertz CT molecular complexity index is 281. The quantitative estimate of drug-likeness (QED) is 0.208. The predicted molar refractivity (Wildman–Crippen MR) is 67.7 cm³/mol. The van der Waals surface area contributed by atoms with Crippen LogP contribution in [0.3, 0.4) is 0 Å². The number of nitrogens with two attached hydrogens (primary N) is 1. The van der Waals surface area contributed by atoms with Crippen molar-refractivity contribution in [2.75, 3.05) is 0 Å². The fourth-order valence-corrected chi connectivity index (χ4v) is 2.62. The monoisotopic (exact) mass is 241 g/mol. The highest BCUT2D eigenvalue weighted by Gasteiger charge is 2.44. The third kappa shape index (κ3) is 3.70. The van der Waals surface area contributed by atoms with Crippen molar-refractivity contribution in [1.82, 2.24) is 5.43 Å². The first-order valence-corrected chi connectivity index (χ1v) is 6.36. The average molecular weight is 241 g/mol. The number of nitrogens with zero attached hydrogens (tertiary/aromatic N) is 1. The Hall–Kier alpha value is -1.10. The van der Waals surface area contributed by atoms with Crippen molar-refractivity contribution in [3.63, 3.8) is 0 Å². The number of carboxylic acids is 1. The van der Waals surface area contributed by atoms with Gasteiger partial charge in [0.2, 0.25) is 0 Å². The summed E-state index contributed by atoms with van der Waals surface area (Å²) < 4.78 is 0. The van der Waals surface area contributed by atoms with E-state index < -0.39 is 11.4 Å². The molecule has 0 heterocycles. The summed E-state index contributed by atoms with van der Waals surface area (Å²) in [5.74, 6) is 4.46. The van der Waals surface area contributed by atoms with Crippen molar-refractivity contribution < 1.29 is 9.90 Å². The van der Waals surface area contributed by atoms with E-state index in [9.17, 15) is 9.90 Å². The Labute approximate surface area is 102 Å². The molecule has 1 aliphatic carbocycles. The second kappa shape index (κ2) is 6.59. The minimum atomic E-state index is -0.660. The Balaban J connectivity index is 2.56. The Morgan fingerprint density at radius 3 is 3.00 bits per heavy atom. The summed E-state index contributed by atoms with van der Waals surface area (Å²) in [5, 5.41) is 9.41. The number of hydrogen-bond donors (Lipinski definition) is 3. The number of aliphatic imine (C=N–C) groups is 1. The predicted octanol–water partition coefficient (Wildman–Crippen LogP) is 1.68. The lowest BCUT2D eigenvalue weighted by Crippen LogP contribution is -2.29.